The van der Waals surface area contributed by atoms with Crippen molar-refractivity contribution in [3.63, 3.8) is 0 Å². The molecule has 2 aromatic heterocycles. The van der Waals surface area contributed by atoms with Gasteiger partial charge in [0.2, 0.25) is 5.91 Å². The van der Waals surface area contributed by atoms with Gasteiger partial charge in [0.05, 0.1) is 4.88 Å². The highest BCUT2D eigenvalue weighted by Gasteiger charge is 2.18. The second-order valence-electron chi connectivity index (χ2n) is 3.88. The summed E-state index contributed by atoms with van der Waals surface area (Å²) in [6.45, 7) is 3.82. The summed E-state index contributed by atoms with van der Waals surface area (Å²) in [6, 6.07) is 5.04. The highest BCUT2D eigenvalue weighted by Crippen LogP contribution is 2.12. The maximum absolute atomic E-state index is 12.2. The molecule has 6 nitrogen and oxygen atoms in total. The molecule has 2 heterocycles. The number of thiophene rings is 1. The maximum atomic E-state index is 12.2. The van der Waals surface area contributed by atoms with Gasteiger partial charge in [-0.05, 0) is 11.4 Å². The molecule has 2 aromatic rings. The number of hydrogen-bond acceptors (Lipinski definition) is 5. The van der Waals surface area contributed by atoms with Crippen molar-refractivity contribution >= 4 is 29.0 Å². The van der Waals surface area contributed by atoms with Crippen LogP contribution in [0.15, 0.2) is 47.0 Å². The lowest BCUT2D eigenvalue weighted by Gasteiger charge is -2.19. The fraction of sp³-hybridized carbons (Fsp3) is 0.154. The third-order valence-corrected chi connectivity index (χ3v) is 3.27. The van der Waals surface area contributed by atoms with Crippen molar-refractivity contribution in [2.24, 2.45) is 0 Å². The van der Waals surface area contributed by atoms with Gasteiger partial charge in [-0.25, -0.2) is 0 Å². The minimum absolute atomic E-state index is 0.0738. The van der Waals surface area contributed by atoms with Gasteiger partial charge in [-0.1, -0.05) is 17.3 Å². The van der Waals surface area contributed by atoms with E-state index in [0.29, 0.717) is 17.2 Å². The molecule has 0 spiro atoms. The van der Waals surface area contributed by atoms with Crippen molar-refractivity contribution in [1.82, 2.24) is 10.1 Å². The van der Waals surface area contributed by atoms with Crippen molar-refractivity contribution in [3.05, 3.63) is 47.4 Å². The Balaban J connectivity index is 2.00. The van der Waals surface area contributed by atoms with E-state index in [1.165, 1.54) is 28.6 Å². The van der Waals surface area contributed by atoms with Crippen LogP contribution in [0, 0.1) is 0 Å². The largest absolute Gasteiger partial charge is 0.363 e. The zero-order valence-corrected chi connectivity index (χ0v) is 11.4. The molecule has 0 saturated carbocycles. The van der Waals surface area contributed by atoms with Crippen molar-refractivity contribution in [2.75, 3.05) is 18.4 Å². The van der Waals surface area contributed by atoms with Gasteiger partial charge in [-0.2, -0.15) is 0 Å². The lowest BCUT2D eigenvalue weighted by Crippen LogP contribution is -2.37. The molecular weight excluding hydrogens is 278 g/mol. The predicted molar refractivity (Wildman–Crippen MR) is 75.6 cm³/mol. The molecule has 2 amide bonds. The van der Waals surface area contributed by atoms with Crippen LogP contribution in [0.1, 0.15) is 9.67 Å². The van der Waals surface area contributed by atoms with Crippen LogP contribution < -0.4 is 5.32 Å². The highest BCUT2D eigenvalue weighted by molar-refractivity contribution is 7.12. The number of nitrogens with zero attached hydrogens (tertiary/aromatic N) is 2. The third-order valence-electron chi connectivity index (χ3n) is 2.41. The van der Waals surface area contributed by atoms with E-state index < -0.39 is 0 Å². The fourth-order valence-electron chi connectivity index (χ4n) is 1.56. The highest BCUT2D eigenvalue weighted by atomic mass is 32.1. The molecule has 0 radical (unpaired) electrons. The van der Waals surface area contributed by atoms with Gasteiger partial charge in [0.1, 0.15) is 12.8 Å². The Kier molecular flexibility index (Phi) is 4.67. The molecule has 0 fully saturated rings. The predicted octanol–water partition coefficient (Wildman–Crippen LogP) is 2.00. The summed E-state index contributed by atoms with van der Waals surface area (Å²) in [4.78, 5) is 26.1. The van der Waals surface area contributed by atoms with Crippen LogP contribution in [0.3, 0.4) is 0 Å². The van der Waals surface area contributed by atoms with Crippen LogP contribution in [0.4, 0.5) is 5.82 Å². The molecule has 0 atom stereocenters. The van der Waals surface area contributed by atoms with Crippen LogP contribution in [-0.4, -0.2) is 35.0 Å². The first-order valence-electron chi connectivity index (χ1n) is 5.84. The minimum atomic E-state index is -0.342. The number of carbonyl (C=O) groups is 2. The van der Waals surface area contributed by atoms with Gasteiger partial charge in [-0.3, -0.25) is 9.59 Å². The number of rotatable bonds is 6. The van der Waals surface area contributed by atoms with Crippen LogP contribution in [-0.2, 0) is 4.79 Å². The minimum Gasteiger partial charge on any atom is -0.363 e. The molecule has 0 aliphatic rings. The summed E-state index contributed by atoms with van der Waals surface area (Å²) in [6.07, 6.45) is 2.93. The van der Waals surface area contributed by atoms with Crippen LogP contribution in [0.25, 0.3) is 0 Å². The Morgan fingerprint density at radius 2 is 2.35 bits per heavy atom. The van der Waals surface area contributed by atoms with Crippen molar-refractivity contribution in [1.29, 1.82) is 0 Å². The van der Waals surface area contributed by atoms with E-state index in [0.717, 1.165) is 0 Å². The van der Waals surface area contributed by atoms with Crippen molar-refractivity contribution < 1.29 is 14.1 Å². The Hall–Kier alpha value is -2.41. The molecule has 20 heavy (non-hydrogen) atoms. The second kappa shape index (κ2) is 6.67. The quantitative estimate of drug-likeness (QED) is 0.826. The standard InChI is InChI=1S/C13H13N3O3S/c1-2-6-16(13(18)10-4-3-8-20-10)9-12(17)14-11-5-7-19-15-11/h2-5,7-8H,1,6,9H2,(H,14,15,17). The number of nitrogens with one attached hydrogen (secondary N) is 1. The van der Waals surface area contributed by atoms with E-state index in [1.807, 2.05) is 5.38 Å². The monoisotopic (exact) mass is 291 g/mol. The van der Waals surface area contributed by atoms with E-state index in [2.05, 4.69) is 21.6 Å². The average molecular weight is 291 g/mol. The summed E-state index contributed by atoms with van der Waals surface area (Å²) >= 11 is 1.33. The molecule has 1 N–H and O–H groups in total. The molecule has 0 bridgehead atoms. The first kappa shape index (κ1) is 14.0. The van der Waals surface area contributed by atoms with Gasteiger partial charge in [0, 0.05) is 12.6 Å². The SMILES string of the molecule is C=CCN(CC(=O)Nc1ccon1)C(=O)c1cccs1. The molecule has 0 unspecified atom stereocenters. The number of anilines is 1. The Morgan fingerprint density at radius 3 is 2.95 bits per heavy atom. The average Bonchev–Trinajstić information content (AvgIpc) is 3.10. The van der Waals surface area contributed by atoms with E-state index in [-0.39, 0.29) is 18.4 Å². The van der Waals surface area contributed by atoms with E-state index >= 15 is 0 Å². The smallest absolute Gasteiger partial charge is 0.264 e. The van der Waals surface area contributed by atoms with Crippen molar-refractivity contribution in [3.8, 4) is 0 Å². The summed E-state index contributed by atoms with van der Waals surface area (Å²) in [5, 5.41) is 7.93. The molecule has 0 aliphatic heterocycles. The Morgan fingerprint density at radius 1 is 1.50 bits per heavy atom. The molecule has 104 valence electrons. The van der Waals surface area contributed by atoms with Crippen LogP contribution in [0.2, 0.25) is 0 Å². The molecular formula is C13H13N3O3S. The van der Waals surface area contributed by atoms with Crippen LogP contribution >= 0.6 is 11.3 Å². The molecule has 2 rings (SSSR count). The number of aromatic nitrogens is 1. The summed E-state index contributed by atoms with van der Waals surface area (Å²) in [7, 11) is 0. The topological polar surface area (TPSA) is 75.4 Å². The van der Waals surface area contributed by atoms with Crippen LogP contribution in [0.5, 0.6) is 0 Å². The summed E-state index contributed by atoms with van der Waals surface area (Å²) < 4.78 is 4.61. The van der Waals surface area contributed by atoms with Gasteiger partial charge in [0.15, 0.2) is 5.82 Å². The van der Waals surface area contributed by atoms with Gasteiger partial charge in [-0.15, -0.1) is 17.9 Å². The lowest BCUT2D eigenvalue weighted by atomic mass is 10.3. The normalized spacial score (nSPS) is 10.0. The lowest BCUT2D eigenvalue weighted by molar-refractivity contribution is -0.116. The summed E-state index contributed by atoms with van der Waals surface area (Å²) in [5.41, 5.74) is 0. The third kappa shape index (κ3) is 3.55. The Labute approximate surface area is 119 Å². The first-order chi connectivity index (χ1) is 9.70. The number of hydrogen-bond donors (Lipinski definition) is 1. The zero-order chi connectivity index (χ0) is 14.4. The molecule has 7 heteroatoms. The molecule has 0 aliphatic carbocycles. The maximum Gasteiger partial charge on any atom is 0.264 e. The number of amides is 2. The van der Waals surface area contributed by atoms with Crippen molar-refractivity contribution in [2.45, 2.75) is 0 Å². The van der Waals surface area contributed by atoms with Gasteiger partial charge in [0.25, 0.3) is 5.91 Å². The summed E-state index contributed by atoms with van der Waals surface area (Å²) in [5.74, 6) is -0.224. The Bertz CT molecular complexity index is 578. The number of carbonyl (C=O) groups excluding carboxylic acids is 2. The fourth-order valence-corrected chi connectivity index (χ4v) is 2.25. The molecule has 0 saturated heterocycles. The molecule has 0 aromatic carbocycles. The second-order valence-corrected chi connectivity index (χ2v) is 4.83. The van der Waals surface area contributed by atoms with E-state index in [9.17, 15) is 9.59 Å². The zero-order valence-electron chi connectivity index (χ0n) is 10.6. The van der Waals surface area contributed by atoms with Gasteiger partial charge < -0.3 is 14.7 Å². The van der Waals surface area contributed by atoms with E-state index in [4.69, 9.17) is 0 Å². The van der Waals surface area contributed by atoms with Gasteiger partial charge >= 0.3 is 0 Å². The van der Waals surface area contributed by atoms with E-state index in [1.54, 1.807) is 18.2 Å². The first-order valence-corrected chi connectivity index (χ1v) is 6.72.